The van der Waals surface area contributed by atoms with Gasteiger partial charge in [0.25, 0.3) is 11.8 Å². The Morgan fingerprint density at radius 3 is 1.11 bits per heavy atom. The predicted octanol–water partition coefficient (Wildman–Crippen LogP) is 10.7. The summed E-state index contributed by atoms with van der Waals surface area (Å²) in [5.41, 5.74) is 4.77. The van der Waals surface area contributed by atoms with E-state index in [1.807, 2.05) is 84.9 Å². The van der Waals surface area contributed by atoms with E-state index in [2.05, 4.69) is 20.6 Å². The summed E-state index contributed by atoms with van der Waals surface area (Å²) in [5.74, 6) is 1.30. The topological polar surface area (TPSA) is 127 Å². The van der Waals surface area contributed by atoms with Gasteiger partial charge in [-0.25, -0.2) is 9.97 Å². The molecular formula is C46H30N4O5S2. The first-order valence-electron chi connectivity index (χ1n) is 17.7. The van der Waals surface area contributed by atoms with Gasteiger partial charge in [0.2, 0.25) is 0 Å². The lowest BCUT2D eigenvalue weighted by molar-refractivity contribution is 0.101. The zero-order valence-corrected chi connectivity index (χ0v) is 31.6. The van der Waals surface area contributed by atoms with Gasteiger partial charge in [0.15, 0.2) is 11.6 Å². The molecule has 0 radical (unpaired) electrons. The number of aromatic nitrogens is 2. The van der Waals surface area contributed by atoms with Crippen LogP contribution in [0.25, 0.3) is 21.1 Å². The van der Waals surface area contributed by atoms with Gasteiger partial charge in [0.05, 0.1) is 0 Å². The second-order valence-corrected chi connectivity index (χ2v) is 14.4. The van der Waals surface area contributed by atoms with E-state index in [9.17, 15) is 19.2 Å². The first kappa shape index (κ1) is 36.6. The van der Waals surface area contributed by atoms with Crippen molar-refractivity contribution < 1.29 is 23.9 Å². The Balaban J connectivity index is 0.831. The summed E-state index contributed by atoms with van der Waals surface area (Å²) < 4.78 is 6.08. The minimum atomic E-state index is -0.320. The van der Waals surface area contributed by atoms with Crippen molar-refractivity contribution in [2.75, 3.05) is 10.6 Å². The van der Waals surface area contributed by atoms with Crippen LogP contribution in [0.3, 0.4) is 0 Å². The van der Waals surface area contributed by atoms with Crippen LogP contribution in [0, 0.1) is 0 Å². The number of amides is 2. The number of rotatable bonds is 12. The molecule has 9 nitrogen and oxygen atoms in total. The Morgan fingerprint density at radius 2 is 0.737 bits per heavy atom. The Labute approximate surface area is 335 Å². The molecule has 0 aliphatic rings. The van der Waals surface area contributed by atoms with Crippen molar-refractivity contribution in [2.45, 2.75) is 0 Å². The second kappa shape index (κ2) is 16.6. The number of ketones is 2. The van der Waals surface area contributed by atoms with Gasteiger partial charge in [0.1, 0.15) is 33.1 Å². The average Bonchev–Trinajstić information content (AvgIpc) is 3.94. The molecule has 6 aromatic carbocycles. The van der Waals surface area contributed by atoms with Crippen LogP contribution in [-0.4, -0.2) is 33.3 Å². The zero-order chi connectivity index (χ0) is 39.1. The van der Waals surface area contributed by atoms with Gasteiger partial charge < -0.3 is 15.4 Å². The van der Waals surface area contributed by atoms with Crippen LogP contribution in [0.5, 0.6) is 11.5 Å². The summed E-state index contributed by atoms with van der Waals surface area (Å²) in [6.45, 7) is 0. The number of thiazole rings is 2. The largest absolute Gasteiger partial charge is 0.457 e. The van der Waals surface area contributed by atoms with Crippen molar-refractivity contribution in [1.29, 1.82) is 0 Å². The van der Waals surface area contributed by atoms with Crippen LogP contribution in [0.15, 0.2) is 168 Å². The molecule has 0 aliphatic carbocycles. The fourth-order valence-corrected chi connectivity index (χ4v) is 7.35. The highest BCUT2D eigenvalue weighted by Gasteiger charge is 2.15. The average molecular weight is 783 g/mol. The molecule has 0 saturated heterocycles. The van der Waals surface area contributed by atoms with Crippen LogP contribution >= 0.6 is 22.7 Å². The molecule has 0 atom stereocenters. The van der Waals surface area contributed by atoms with Crippen molar-refractivity contribution in [3.63, 3.8) is 0 Å². The number of hydrogen-bond donors (Lipinski definition) is 2. The van der Waals surface area contributed by atoms with Gasteiger partial charge in [0, 0.05) is 55.3 Å². The summed E-state index contributed by atoms with van der Waals surface area (Å²) in [5, 5.41) is 10.7. The van der Waals surface area contributed by atoms with E-state index in [-0.39, 0.29) is 23.4 Å². The van der Waals surface area contributed by atoms with E-state index < -0.39 is 0 Å². The number of carbonyl (C=O) groups is 4. The number of carbonyl (C=O) groups excluding carboxylic acids is 4. The Hall–Kier alpha value is -7.34. The molecule has 0 fully saturated rings. The van der Waals surface area contributed by atoms with Gasteiger partial charge >= 0.3 is 0 Å². The Kier molecular flexibility index (Phi) is 10.7. The van der Waals surface area contributed by atoms with Gasteiger partial charge in [-0.2, -0.15) is 0 Å². The third-order valence-electron chi connectivity index (χ3n) is 8.82. The van der Waals surface area contributed by atoms with E-state index in [1.54, 1.807) is 83.6 Å². The number of nitrogens with one attached hydrogen (secondary N) is 2. The number of ether oxygens (including phenoxy) is 1. The normalized spacial score (nSPS) is 10.7. The monoisotopic (exact) mass is 782 g/mol. The van der Waals surface area contributed by atoms with E-state index >= 15 is 0 Å². The quantitative estimate of drug-likeness (QED) is 0.118. The molecule has 0 unspecified atom stereocenters. The number of nitrogens with zero attached hydrogens (tertiary/aromatic N) is 2. The van der Waals surface area contributed by atoms with Crippen LogP contribution in [0.2, 0.25) is 0 Å². The van der Waals surface area contributed by atoms with Crippen LogP contribution < -0.4 is 15.4 Å². The highest BCUT2D eigenvalue weighted by atomic mass is 32.1. The summed E-state index contributed by atoms with van der Waals surface area (Å²) in [7, 11) is 0. The molecule has 276 valence electrons. The summed E-state index contributed by atoms with van der Waals surface area (Å²) >= 11 is 2.81. The predicted molar refractivity (Wildman–Crippen MR) is 224 cm³/mol. The maximum Gasteiger partial charge on any atom is 0.256 e. The Morgan fingerprint density at radius 1 is 0.404 bits per heavy atom. The smallest absolute Gasteiger partial charge is 0.256 e. The van der Waals surface area contributed by atoms with Crippen LogP contribution in [0.4, 0.5) is 11.6 Å². The van der Waals surface area contributed by atoms with Crippen molar-refractivity contribution in [1.82, 2.24) is 9.97 Å². The second-order valence-electron chi connectivity index (χ2n) is 12.7. The molecule has 2 aromatic heterocycles. The Bertz CT molecular complexity index is 2510. The van der Waals surface area contributed by atoms with Gasteiger partial charge in [-0.1, -0.05) is 84.9 Å². The van der Waals surface area contributed by atoms with E-state index in [1.165, 1.54) is 22.7 Å². The SMILES string of the molecule is O=C(Nc1csc(-c2ccc(Oc3ccc(-c4nc(NC(=O)c5ccc(C(=O)c6ccccc6)cc5)cs4)cc3)cc2)n1)c1ccc(C(=O)c2ccccc2)cc1. The number of hydrogen-bond acceptors (Lipinski definition) is 9. The van der Waals surface area contributed by atoms with Gasteiger partial charge in [-0.05, 0) is 72.8 Å². The highest BCUT2D eigenvalue weighted by molar-refractivity contribution is 7.13. The van der Waals surface area contributed by atoms with Gasteiger partial charge in [-0.3, -0.25) is 19.2 Å². The molecule has 2 N–H and O–H groups in total. The summed E-state index contributed by atoms with van der Waals surface area (Å²) in [6, 6.07) is 46.1. The molecule has 0 bridgehead atoms. The molecule has 8 aromatic rings. The first-order valence-corrected chi connectivity index (χ1v) is 19.4. The molecule has 8 rings (SSSR count). The number of benzene rings is 6. The molecule has 57 heavy (non-hydrogen) atoms. The van der Waals surface area contributed by atoms with E-state index in [0.717, 1.165) is 21.1 Å². The molecular weight excluding hydrogens is 753 g/mol. The molecule has 0 aliphatic heterocycles. The lowest BCUT2D eigenvalue weighted by atomic mass is 10.0. The van der Waals surface area contributed by atoms with E-state index in [4.69, 9.17) is 4.74 Å². The van der Waals surface area contributed by atoms with E-state index in [0.29, 0.717) is 56.5 Å². The van der Waals surface area contributed by atoms with Crippen LogP contribution in [0.1, 0.15) is 52.6 Å². The molecule has 2 heterocycles. The first-order chi connectivity index (χ1) is 27.9. The lowest BCUT2D eigenvalue weighted by Gasteiger charge is -2.07. The summed E-state index contributed by atoms with van der Waals surface area (Å²) in [4.78, 5) is 60.4. The van der Waals surface area contributed by atoms with Crippen molar-refractivity contribution in [3.8, 4) is 32.6 Å². The fourth-order valence-electron chi connectivity index (χ4n) is 5.83. The minimum Gasteiger partial charge on any atom is -0.457 e. The standard InChI is InChI=1S/C46H30N4O5S2/c51-41(29-7-3-1-4-8-29)31-11-15-33(16-12-31)43(53)47-39-27-56-45(49-39)35-19-23-37(24-20-35)55-38-25-21-36(22-26-38)46-50-40(28-57-46)48-44(54)34-17-13-32(14-18-34)42(52)30-9-5-2-6-10-30/h1-28H,(H,47,53)(H,48,54). The highest BCUT2D eigenvalue weighted by Crippen LogP contribution is 2.32. The summed E-state index contributed by atoms with van der Waals surface area (Å²) in [6.07, 6.45) is 0. The molecule has 0 spiro atoms. The zero-order valence-electron chi connectivity index (χ0n) is 29.9. The molecule has 2 amide bonds. The number of anilines is 2. The third kappa shape index (κ3) is 8.65. The maximum atomic E-state index is 12.9. The maximum absolute atomic E-state index is 12.9. The molecule has 0 saturated carbocycles. The van der Waals surface area contributed by atoms with Gasteiger partial charge in [-0.15, -0.1) is 22.7 Å². The lowest BCUT2D eigenvalue weighted by Crippen LogP contribution is -2.12. The fraction of sp³-hybridized carbons (Fsp3) is 0. The minimum absolute atomic E-state index is 0.104. The third-order valence-corrected chi connectivity index (χ3v) is 10.6. The van der Waals surface area contributed by atoms with Crippen molar-refractivity contribution in [3.05, 3.63) is 202 Å². The molecule has 11 heteroatoms. The van der Waals surface area contributed by atoms with Crippen molar-refractivity contribution in [2.24, 2.45) is 0 Å². The van der Waals surface area contributed by atoms with Crippen molar-refractivity contribution >= 4 is 57.7 Å². The van der Waals surface area contributed by atoms with Crippen LogP contribution in [-0.2, 0) is 0 Å².